The molecule has 14 rings (SSSR count). The smallest absolute Gasteiger partial charge is 0.486 e. The van der Waals surface area contributed by atoms with E-state index < -0.39 is 13.1 Å². The topological polar surface area (TPSA) is 262 Å². The first-order chi connectivity index (χ1) is 45.3. The summed E-state index contributed by atoms with van der Waals surface area (Å²) in [4.78, 5) is 89.9. The van der Waals surface area contributed by atoms with Crippen molar-refractivity contribution in [2.24, 2.45) is 24.9 Å². The van der Waals surface area contributed by atoms with Gasteiger partial charge in [0.2, 0.25) is 0 Å². The van der Waals surface area contributed by atoms with Crippen LogP contribution in [-0.4, -0.2) is 149 Å². The highest BCUT2D eigenvalue weighted by atomic mass is 79.9. The van der Waals surface area contributed by atoms with Gasteiger partial charge in [-0.1, -0.05) is 34.6 Å². The second-order valence-electron chi connectivity index (χ2n) is 27.1. The first-order valence-electron chi connectivity index (χ1n) is 32.0. The van der Waals surface area contributed by atoms with Gasteiger partial charge in [0.25, 0.3) is 22.9 Å². The number of hydrogen-bond donors (Lipinski definition) is 4. The first kappa shape index (κ1) is 66.1. The molecule has 6 aliphatic rings. The van der Waals surface area contributed by atoms with Crippen LogP contribution in [0, 0.1) is 10.8 Å². The quantitative estimate of drug-likeness (QED) is 0.0606. The molecule has 4 aliphatic heterocycles. The number of pyridine rings is 6. The summed E-state index contributed by atoms with van der Waals surface area (Å²) in [6.07, 6.45) is 14.8. The molecule has 0 spiro atoms. The second kappa shape index (κ2) is 26.7. The van der Waals surface area contributed by atoms with Crippen molar-refractivity contribution in [2.75, 3.05) is 73.8 Å². The molecule has 0 saturated carbocycles. The third kappa shape index (κ3) is 14.1. The Bertz CT molecular complexity index is 4380. The van der Waals surface area contributed by atoms with Gasteiger partial charge in [-0.2, -0.15) is 0 Å². The van der Waals surface area contributed by atoms with Gasteiger partial charge in [-0.05, 0) is 161 Å². The fraction of sp³-hybridized carbons (Fsp3) is 0.406. The minimum Gasteiger partial charge on any atom is -0.486 e. The molecule has 0 aromatic carbocycles. The number of ether oxygens (including phenoxy) is 3. The number of nitrogens with zero attached hydrogens (tertiary/aromatic N) is 12. The van der Waals surface area contributed by atoms with Crippen LogP contribution in [0.4, 0.5) is 34.6 Å². The van der Waals surface area contributed by atoms with Gasteiger partial charge in [-0.15, -0.1) is 0 Å². The van der Waals surface area contributed by atoms with Gasteiger partial charge in [0.15, 0.2) is 0 Å². The number of halogens is 1. The molecular weight excluding hydrogens is 1280 g/mol. The molecule has 0 unspecified atom stereocenters. The minimum atomic E-state index is -1.57. The Morgan fingerprint density at radius 3 is 1.58 bits per heavy atom. The predicted octanol–water partition coefficient (Wildman–Crippen LogP) is 6.82. The van der Waals surface area contributed by atoms with Gasteiger partial charge in [-0.25, -0.2) is 19.9 Å². The number of nitrogens with one attached hydrogen (secondary N) is 2. The Morgan fingerprint density at radius 1 is 0.632 bits per heavy atom. The lowest BCUT2D eigenvalue weighted by Gasteiger charge is -2.35. The van der Waals surface area contributed by atoms with Crippen molar-refractivity contribution < 1.29 is 38.6 Å². The fourth-order valence-electron chi connectivity index (χ4n) is 13.7. The summed E-state index contributed by atoms with van der Waals surface area (Å²) < 4.78 is 25.4. The summed E-state index contributed by atoms with van der Waals surface area (Å²) in [5.41, 5.74) is 10.4. The molecule has 2 fully saturated rings. The van der Waals surface area contributed by atoms with Gasteiger partial charge >= 0.3 is 13.1 Å². The molecule has 4 N–H and O–H groups in total. The number of likely N-dealkylation sites (N-methyl/N-ethyl adjacent to an activating group) is 2. The summed E-state index contributed by atoms with van der Waals surface area (Å²) >= 11 is 3.37. The standard InChI is InChI=1S/C35H39N7O5.C19H24BN3O3.C15H17BrN4O2/c1-21(43)46-20-27-26(8-9-36-32(27)42-11-10-41-29(34(42)45)13-22-14-35(2,3)15-30(22)41)23-12-28(33(44)40(5)17-23)38-31-7-6-24(16-37-31)47-25-18-39(4)19-25;1-4-13-14(20(25)26)5-6-21-17(13)23-8-7-22-15(18(23)24)9-12-10-19(2,3)11-16(12)22;1-19-8-12(9-19)22-11-3-4-14(17-6-11)18-13-5-10(16)7-20(2)15(13)21/h6-9,12-13,16-17,25H,10-11,14-15,18-20H2,1-5H3,(H,37,38);5-6,9,25-26H,4,7-8,10-11H2,1-3H3;3-7,12H,8-9H2,1-2H3,(H,17,18). The molecule has 0 atom stereocenters. The molecule has 0 bridgehead atoms. The Hall–Kier alpha value is -8.95. The van der Waals surface area contributed by atoms with Crippen LogP contribution in [0.5, 0.6) is 11.5 Å². The number of carbonyl (C=O) groups is 3. The van der Waals surface area contributed by atoms with E-state index >= 15 is 0 Å². The number of aryl methyl sites for hydroxylation is 2. The van der Waals surface area contributed by atoms with E-state index in [2.05, 4.69) is 100 Å². The molecule has 2 amide bonds. The number of carbonyl (C=O) groups excluding carboxylic acids is 3. The Kier molecular flexibility index (Phi) is 18.6. The van der Waals surface area contributed by atoms with E-state index in [1.54, 1.807) is 85.2 Å². The molecule has 8 aromatic rings. The van der Waals surface area contributed by atoms with Gasteiger partial charge in [0.05, 0.1) is 12.4 Å². The largest absolute Gasteiger partial charge is 0.488 e. The molecule has 2 saturated heterocycles. The van der Waals surface area contributed by atoms with Crippen molar-refractivity contribution in [3.05, 3.63) is 168 Å². The van der Waals surface area contributed by atoms with Crippen LogP contribution in [0.3, 0.4) is 0 Å². The van der Waals surface area contributed by atoms with Gasteiger partial charge in [-0.3, -0.25) is 43.6 Å². The fourth-order valence-corrected chi connectivity index (χ4v) is 14.2. The van der Waals surface area contributed by atoms with Crippen molar-refractivity contribution in [2.45, 2.75) is 106 Å². The van der Waals surface area contributed by atoms with Crippen molar-refractivity contribution in [1.29, 1.82) is 0 Å². The molecule has 2 aliphatic carbocycles. The normalized spacial score (nSPS) is 17.0. The van der Waals surface area contributed by atoms with Crippen LogP contribution in [0.2, 0.25) is 0 Å². The molecule has 8 aromatic heterocycles. The highest BCUT2D eigenvalue weighted by Crippen LogP contribution is 2.42. The zero-order valence-electron chi connectivity index (χ0n) is 55.3. The molecule has 12 heterocycles. The highest BCUT2D eigenvalue weighted by Gasteiger charge is 2.40. The van der Waals surface area contributed by atoms with E-state index in [1.165, 1.54) is 44.8 Å². The van der Waals surface area contributed by atoms with Crippen LogP contribution in [-0.2, 0) is 75.4 Å². The third-order valence-electron chi connectivity index (χ3n) is 18.2. The number of fused-ring (bicyclic) bond motifs is 6. The highest BCUT2D eigenvalue weighted by molar-refractivity contribution is 9.10. The van der Waals surface area contributed by atoms with Crippen molar-refractivity contribution in [1.82, 2.24) is 48.0 Å². The monoisotopic (exact) mass is 1350 g/mol. The van der Waals surface area contributed by atoms with E-state index in [0.717, 1.165) is 74.3 Å². The van der Waals surface area contributed by atoms with E-state index in [4.69, 9.17) is 14.2 Å². The maximum atomic E-state index is 14.0. The average molecular weight is 1360 g/mol. The van der Waals surface area contributed by atoms with Crippen LogP contribution < -0.4 is 46.5 Å². The minimum absolute atomic E-state index is 0.0600. The third-order valence-corrected chi connectivity index (χ3v) is 18.7. The van der Waals surface area contributed by atoms with Crippen LogP contribution in [0.25, 0.3) is 11.1 Å². The number of likely N-dealkylation sites (tertiary alicyclic amines) is 2. The average Bonchev–Trinajstić information content (AvgIpc) is 1.63. The van der Waals surface area contributed by atoms with Crippen molar-refractivity contribution >= 4 is 80.9 Å². The number of anilines is 6. The number of amides is 2. The maximum Gasteiger partial charge on any atom is 0.488 e. The zero-order valence-corrected chi connectivity index (χ0v) is 56.9. The summed E-state index contributed by atoms with van der Waals surface area (Å²) in [7, 11) is 5.92. The maximum absolute atomic E-state index is 14.0. The summed E-state index contributed by atoms with van der Waals surface area (Å²) in [6.45, 7) is 18.2. The summed E-state index contributed by atoms with van der Waals surface area (Å²) in [5, 5.41) is 25.4. The molecule has 26 heteroatoms. The van der Waals surface area contributed by atoms with Gasteiger partial charge in [0.1, 0.15) is 76.3 Å². The zero-order chi connectivity index (χ0) is 67.4. The molecule has 95 heavy (non-hydrogen) atoms. The molecular formula is C69H80BBrN14O10. The lowest BCUT2D eigenvalue weighted by molar-refractivity contribution is -0.142. The van der Waals surface area contributed by atoms with Crippen molar-refractivity contribution in [3.63, 3.8) is 0 Å². The number of esters is 1. The van der Waals surface area contributed by atoms with Gasteiger partial charge < -0.3 is 53.2 Å². The molecule has 24 nitrogen and oxygen atoms in total. The van der Waals surface area contributed by atoms with E-state index in [9.17, 15) is 34.0 Å². The SMILES string of the molecule is CC(=O)OCc1c(-c2cc(Nc3ccc(OC4CN(C)C4)cn3)c(=O)n(C)c2)ccnc1N1CCn2c(cc3c2CC(C)(C)C3)C1=O.CCc1c(B(O)O)ccnc1N1CCn2c(cc3c2CC(C)(C)C3)C1=O.CN1CC(Oc2ccc(Nc3cc(Br)cn(C)c3=O)nc2)C1. The van der Waals surface area contributed by atoms with Gasteiger partial charge in [0, 0.05) is 125 Å². The number of aromatic nitrogens is 8. The molecule has 496 valence electrons. The number of hydrogen-bond acceptors (Lipinski definition) is 18. The predicted molar refractivity (Wildman–Crippen MR) is 367 cm³/mol. The van der Waals surface area contributed by atoms with E-state index in [-0.39, 0.29) is 52.6 Å². The number of rotatable bonds is 15. The second-order valence-corrected chi connectivity index (χ2v) is 28.0. The summed E-state index contributed by atoms with van der Waals surface area (Å²) in [5.74, 6) is 2.83. The first-order valence-corrected chi connectivity index (χ1v) is 32.8. The summed E-state index contributed by atoms with van der Waals surface area (Å²) in [6, 6.07) is 18.2. The lowest BCUT2D eigenvalue weighted by Crippen LogP contribution is -2.51. The molecule has 0 radical (unpaired) electrons. The Balaban J connectivity index is 0.000000151. The van der Waals surface area contributed by atoms with Crippen LogP contribution in [0.1, 0.15) is 96.2 Å². The van der Waals surface area contributed by atoms with E-state index in [1.807, 2.05) is 44.3 Å². The lowest BCUT2D eigenvalue weighted by atomic mass is 9.77. The van der Waals surface area contributed by atoms with Crippen molar-refractivity contribution in [3.8, 4) is 22.6 Å². The Morgan fingerprint density at radius 2 is 1.12 bits per heavy atom. The Labute approximate surface area is 559 Å². The van der Waals surface area contributed by atoms with Crippen LogP contribution in [0.15, 0.2) is 112 Å². The van der Waals surface area contributed by atoms with E-state index in [0.29, 0.717) is 99.9 Å². The van der Waals surface area contributed by atoms with Crippen LogP contribution >= 0.6 is 15.9 Å².